The van der Waals surface area contributed by atoms with E-state index in [0.29, 0.717) is 37.8 Å². The second-order valence-electron chi connectivity index (χ2n) is 12.5. The molecular formula is C37H43N3O6. The molecule has 1 aliphatic carbocycles. The molecule has 9 heteroatoms. The maximum absolute atomic E-state index is 13.7. The van der Waals surface area contributed by atoms with E-state index in [4.69, 9.17) is 4.74 Å². The highest BCUT2D eigenvalue weighted by Crippen LogP contribution is 2.29. The lowest BCUT2D eigenvalue weighted by Crippen LogP contribution is -2.52. The molecule has 5 rings (SSSR count). The van der Waals surface area contributed by atoms with E-state index in [1.807, 2.05) is 78.9 Å². The number of fused-ring (bicyclic) bond motifs is 1. The van der Waals surface area contributed by atoms with E-state index in [-0.39, 0.29) is 32.0 Å². The largest absolute Gasteiger partial charge is 0.463 e. The zero-order valence-electron chi connectivity index (χ0n) is 26.1. The quantitative estimate of drug-likeness (QED) is 0.209. The van der Waals surface area contributed by atoms with Crippen molar-refractivity contribution >= 4 is 40.2 Å². The summed E-state index contributed by atoms with van der Waals surface area (Å²) in [4.78, 5) is 53.8. The van der Waals surface area contributed by atoms with Crippen LogP contribution in [0, 0.1) is 11.8 Å². The van der Waals surface area contributed by atoms with Gasteiger partial charge in [0, 0.05) is 12.1 Å². The molecule has 3 amide bonds. The number of nitrogens with one attached hydrogen (secondary N) is 3. The summed E-state index contributed by atoms with van der Waals surface area (Å²) in [5.74, 6) is -2.97. The Morgan fingerprint density at radius 2 is 1.65 bits per heavy atom. The number of hydrogen-bond donors (Lipinski definition) is 4. The lowest BCUT2D eigenvalue weighted by atomic mass is 9.94. The van der Waals surface area contributed by atoms with Gasteiger partial charge in [-0.3, -0.25) is 19.2 Å². The van der Waals surface area contributed by atoms with Crippen LogP contribution in [-0.2, 0) is 30.3 Å². The summed E-state index contributed by atoms with van der Waals surface area (Å²) in [5, 5.41) is 20.6. The predicted octanol–water partition coefficient (Wildman–Crippen LogP) is 4.83. The normalized spacial score (nSPS) is 22.1. The van der Waals surface area contributed by atoms with Crippen LogP contribution in [0.4, 0.5) is 5.69 Å². The molecule has 1 heterocycles. The first-order valence-corrected chi connectivity index (χ1v) is 16.2. The number of allylic oxidation sites excluding steroid dienone is 2. The van der Waals surface area contributed by atoms with Crippen LogP contribution in [0.1, 0.15) is 56.9 Å². The van der Waals surface area contributed by atoms with E-state index in [0.717, 1.165) is 29.2 Å². The molecule has 46 heavy (non-hydrogen) atoms. The van der Waals surface area contributed by atoms with Crippen molar-refractivity contribution in [3.8, 4) is 0 Å². The smallest absolute Gasteiger partial charge is 0.309 e. The zero-order valence-corrected chi connectivity index (χ0v) is 26.1. The third-order valence-electron chi connectivity index (χ3n) is 9.04. The van der Waals surface area contributed by atoms with Crippen LogP contribution < -0.4 is 16.0 Å². The van der Waals surface area contributed by atoms with Gasteiger partial charge in [0.2, 0.25) is 11.8 Å². The molecule has 9 nitrogen and oxygen atoms in total. The SMILES string of the molecule is O=C(CC1CC=CCCC(Cc2ccccc2)C(=O)OCC(C(=O)Nc2ccc3ccccc3c2)NC1=O)NC1(CO)CCCC1. The number of benzene rings is 3. The highest BCUT2D eigenvalue weighted by molar-refractivity contribution is 5.99. The molecule has 0 radical (unpaired) electrons. The second-order valence-corrected chi connectivity index (χ2v) is 12.5. The number of rotatable bonds is 8. The minimum Gasteiger partial charge on any atom is -0.463 e. The summed E-state index contributed by atoms with van der Waals surface area (Å²) >= 11 is 0. The number of aliphatic hydroxyl groups is 1. The van der Waals surface area contributed by atoms with Crippen molar-refractivity contribution in [3.05, 3.63) is 90.5 Å². The molecule has 2 aliphatic rings. The Morgan fingerprint density at radius 1 is 0.913 bits per heavy atom. The van der Waals surface area contributed by atoms with Gasteiger partial charge in [0.25, 0.3) is 5.91 Å². The number of esters is 1. The Kier molecular flexibility index (Phi) is 11.2. The second kappa shape index (κ2) is 15.7. The molecule has 0 spiro atoms. The van der Waals surface area contributed by atoms with Crippen molar-refractivity contribution in [2.24, 2.45) is 11.8 Å². The van der Waals surface area contributed by atoms with Crippen molar-refractivity contribution in [1.82, 2.24) is 10.6 Å². The average Bonchev–Trinajstić information content (AvgIpc) is 3.54. The number of carbonyl (C=O) groups excluding carboxylic acids is 4. The maximum atomic E-state index is 13.7. The summed E-state index contributed by atoms with van der Waals surface area (Å²) in [6.07, 6.45) is 8.81. The molecule has 4 N–H and O–H groups in total. The molecule has 0 saturated heterocycles. The van der Waals surface area contributed by atoms with Gasteiger partial charge in [0.15, 0.2) is 0 Å². The molecule has 1 saturated carbocycles. The number of ether oxygens (including phenoxy) is 1. The van der Waals surface area contributed by atoms with Gasteiger partial charge in [-0.2, -0.15) is 0 Å². The van der Waals surface area contributed by atoms with E-state index in [2.05, 4.69) is 16.0 Å². The molecule has 1 aliphatic heterocycles. The van der Waals surface area contributed by atoms with Crippen LogP contribution in [0.5, 0.6) is 0 Å². The third kappa shape index (κ3) is 8.81. The third-order valence-corrected chi connectivity index (χ3v) is 9.04. The van der Waals surface area contributed by atoms with Crippen LogP contribution in [0.25, 0.3) is 10.8 Å². The Hall–Kier alpha value is -4.50. The molecule has 0 bridgehead atoms. The Bertz CT molecular complexity index is 1550. The van der Waals surface area contributed by atoms with Crippen LogP contribution >= 0.6 is 0 Å². The molecule has 3 aromatic rings. The van der Waals surface area contributed by atoms with E-state index < -0.39 is 41.2 Å². The molecule has 242 valence electrons. The summed E-state index contributed by atoms with van der Waals surface area (Å²) in [6, 6.07) is 21.8. The molecule has 3 atom stereocenters. The Balaban J connectivity index is 1.35. The highest BCUT2D eigenvalue weighted by Gasteiger charge is 2.36. The van der Waals surface area contributed by atoms with Crippen molar-refractivity contribution in [2.75, 3.05) is 18.5 Å². The van der Waals surface area contributed by atoms with Gasteiger partial charge < -0.3 is 25.8 Å². The Morgan fingerprint density at radius 3 is 2.41 bits per heavy atom. The zero-order chi connectivity index (χ0) is 32.4. The first-order valence-electron chi connectivity index (χ1n) is 16.2. The van der Waals surface area contributed by atoms with Gasteiger partial charge in [-0.25, -0.2) is 0 Å². The predicted molar refractivity (Wildman–Crippen MR) is 177 cm³/mol. The van der Waals surface area contributed by atoms with Crippen molar-refractivity contribution in [2.45, 2.75) is 69.4 Å². The number of hydrogen-bond acceptors (Lipinski definition) is 6. The molecular weight excluding hydrogens is 582 g/mol. The molecule has 3 unspecified atom stereocenters. The van der Waals surface area contributed by atoms with E-state index in [1.54, 1.807) is 6.07 Å². The van der Waals surface area contributed by atoms with Crippen LogP contribution in [-0.4, -0.2) is 53.6 Å². The molecule has 1 fully saturated rings. The van der Waals surface area contributed by atoms with Gasteiger partial charge in [-0.1, -0.05) is 85.7 Å². The summed E-state index contributed by atoms with van der Waals surface area (Å²) in [5.41, 5.74) is 0.890. The van der Waals surface area contributed by atoms with Crippen molar-refractivity contribution in [3.63, 3.8) is 0 Å². The fraction of sp³-hybridized carbons (Fsp3) is 0.405. The fourth-order valence-electron chi connectivity index (χ4n) is 6.36. The first kappa shape index (κ1) is 32.9. The topological polar surface area (TPSA) is 134 Å². The van der Waals surface area contributed by atoms with Crippen LogP contribution in [0.15, 0.2) is 84.9 Å². The minimum absolute atomic E-state index is 0.104. The van der Waals surface area contributed by atoms with Gasteiger partial charge >= 0.3 is 5.97 Å². The van der Waals surface area contributed by atoms with Gasteiger partial charge in [-0.05, 0) is 67.0 Å². The number of cyclic esters (lactones) is 1. The summed E-state index contributed by atoms with van der Waals surface area (Å²) < 4.78 is 5.72. The summed E-state index contributed by atoms with van der Waals surface area (Å²) in [7, 11) is 0. The average molecular weight is 626 g/mol. The van der Waals surface area contributed by atoms with Crippen molar-refractivity contribution in [1.29, 1.82) is 0 Å². The highest BCUT2D eigenvalue weighted by atomic mass is 16.5. The number of aliphatic hydroxyl groups excluding tert-OH is 1. The lowest BCUT2D eigenvalue weighted by Gasteiger charge is -2.29. The van der Waals surface area contributed by atoms with Crippen molar-refractivity contribution < 1.29 is 29.0 Å². The van der Waals surface area contributed by atoms with Gasteiger partial charge in [0.05, 0.1) is 24.0 Å². The summed E-state index contributed by atoms with van der Waals surface area (Å²) in [6.45, 7) is -0.503. The van der Waals surface area contributed by atoms with Gasteiger partial charge in [0.1, 0.15) is 12.6 Å². The van der Waals surface area contributed by atoms with E-state index in [1.165, 1.54) is 0 Å². The van der Waals surface area contributed by atoms with Crippen LogP contribution in [0.2, 0.25) is 0 Å². The standard InChI is InChI=1S/C37H43N3O6/c41-25-37(19-9-10-20-37)40-33(42)23-29-15-5-2-6-16-30(21-26-11-3-1-4-12-26)36(45)46-24-32(39-34(29)43)35(44)38-31-18-17-27-13-7-8-14-28(27)22-31/h1-5,7-8,11-14,17-18,22,29-30,32,41H,6,9-10,15-16,19-21,23-25H2,(H,38,44)(H,39,43)(H,40,42). The maximum Gasteiger partial charge on any atom is 0.309 e. The molecule has 3 aromatic carbocycles. The van der Waals surface area contributed by atoms with E-state index in [9.17, 15) is 24.3 Å². The molecule has 0 aromatic heterocycles. The number of carbonyl (C=O) groups is 4. The van der Waals surface area contributed by atoms with E-state index >= 15 is 0 Å². The first-order chi connectivity index (χ1) is 22.3. The van der Waals surface area contributed by atoms with Gasteiger partial charge in [-0.15, -0.1) is 0 Å². The number of anilines is 1. The number of amides is 3. The fourth-order valence-corrected chi connectivity index (χ4v) is 6.36. The van der Waals surface area contributed by atoms with Crippen LogP contribution in [0.3, 0.4) is 0 Å². The minimum atomic E-state index is -1.19. The monoisotopic (exact) mass is 625 g/mol. The Labute approximate surface area is 269 Å². The lowest BCUT2D eigenvalue weighted by molar-refractivity contribution is -0.150.